The van der Waals surface area contributed by atoms with Crippen LogP contribution in [0.4, 0.5) is 0 Å². The van der Waals surface area contributed by atoms with Crippen LogP contribution in [-0.4, -0.2) is 58.6 Å². The van der Waals surface area contributed by atoms with E-state index in [1.807, 2.05) is 6.08 Å². The van der Waals surface area contributed by atoms with Gasteiger partial charge in [-0.25, -0.2) is 0 Å². The average molecular weight is 411 g/mol. The first-order valence-corrected chi connectivity index (χ1v) is 9.68. The summed E-state index contributed by atoms with van der Waals surface area (Å²) in [7, 11) is 0. The SMILES string of the molecule is CC(=O)OC1CC(N2CC(=O)N3CC(c4c(O)ccc(Cl)c4Cl)C=C3C2)C1. The fourth-order valence-corrected chi connectivity index (χ4v) is 4.59. The van der Waals surface area contributed by atoms with Crippen LogP contribution < -0.4 is 0 Å². The summed E-state index contributed by atoms with van der Waals surface area (Å²) in [4.78, 5) is 27.6. The molecule has 1 saturated heterocycles. The van der Waals surface area contributed by atoms with Crippen LogP contribution in [0.2, 0.25) is 10.0 Å². The van der Waals surface area contributed by atoms with Gasteiger partial charge in [-0.2, -0.15) is 0 Å². The molecule has 0 bridgehead atoms. The minimum Gasteiger partial charge on any atom is -0.508 e. The van der Waals surface area contributed by atoms with Gasteiger partial charge in [0, 0.05) is 56.1 Å². The maximum atomic E-state index is 12.6. The van der Waals surface area contributed by atoms with Crippen LogP contribution in [-0.2, 0) is 14.3 Å². The molecule has 2 aliphatic heterocycles. The van der Waals surface area contributed by atoms with E-state index in [0.717, 1.165) is 18.5 Å². The van der Waals surface area contributed by atoms with E-state index >= 15 is 0 Å². The molecular formula is C19H20Cl2N2O4. The average Bonchev–Trinajstić information content (AvgIpc) is 2.98. The number of rotatable bonds is 3. The van der Waals surface area contributed by atoms with Gasteiger partial charge in [0.15, 0.2) is 0 Å². The van der Waals surface area contributed by atoms with Gasteiger partial charge in [0.05, 0.1) is 16.6 Å². The van der Waals surface area contributed by atoms with E-state index in [2.05, 4.69) is 4.90 Å². The third-order valence-electron chi connectivity index (χ3n) is 5.52. The number of nitrogens with zero attached hydrogens (tertiary/aromatic N) is 2. The van der Waals surface area contributed by atoms with Gasteiger partial charge in [0.2, 0.25) is 5.91 Å². The normalized spacial score (nSPS) is 27.8. The molecule has 27 heavy (non-hydrogen) atoms. The Morgan fingerprint density at radius 1 is 1.26 bits per heavy atom. The Bertz CT molecular complexity index is 835. The summed E-state index contributed by atoms with van der Waals surface area (Å²) in [6.45, 7) is 2.86. The van der Waals surface area contributed by atoms with Crippen LogP contribution >= 0.6 is 23.2 Å². The predicted molar refractivity (Wildman–Crippen MR) is 101 cm³/mol. The molecule has 0 spiro atoms. The summed E-state index contributed by atoms with van der Waals surface area (Å²) in [5.74, 6) is -0.341. The standard InChI is InChI=1S/C19H20Cl2N2O4/c1-10(24)27-14-5-12(6-14)22-8-13-4-11(7-23(13)17(26)9-22)18-16(25)3-2-15(20)19(18)21/h2-4,11-12,14,25H,5-9H2,1H3. The number of aromatic hydroxyl groups is 1. The molecule has 4 rings (SSSR count). The number of amides is 1. The van der Waals surface area contributed by atoms with Crippen LogP contribution in [0.25, 0.3) is 0 Å². The Balaban J connectivity index is 1.49. The van der Waals surface area contributed by atoms with E-state index in [-0.39, 0.29) is 35.7 Å². The summed E-state index contributed by atoms with van der Waals surface area (Å²) in [6.07, 6.45) is 3.45. The second-order valence-electron chi connectivity index (χ2n) is 7.32. The van der Waals surface area contributed by atoms with Crippen molar-refractivity contribution in [3.05, 3.63) is 39.5 Å². The number of phenols is 1. The van der Waals surface area contributed by atoms with Gasteiger partial charge < -0.3 is 14.7 Å². The van der Waals surface area contributed by atoms with E-state index in [1.54, 1.807) is 11.0 Å². The highest BCUT2D eigenvalue weighted by molar-refractivity contribution is 6.42. The third kappa shape index (κ3) is 3.42. The molecule has 1 amide bonds. The van der Waals surface area contributed by atoms with E-state index in [9.17, 15) is 14.7 Å². The topological polar surface area (TPSA) is 70.1 Å². The zero-order valence-electron chi connectivity index (χ0n) is 14.8. The molecule has 144 valence electrons. The largest absolute Gasteiger partial charge is 0.508 e. The first-order valence-electron chi connectivity index (χ1n) is 8.92. The van der Waals surface area contributed by atoms with Gasteiger partial charge in [-0.1, -0.05) is 29.3 Å². The molecular weight excluding hydrogens is 391 g/mol. The van der Waals surface area contributed by atoms with Crippen LogP contribution in [0.3, 0.4) is 0 Å². The maximum absolute atomic E-state index is 12.6. The molecule has 1 aromatic rings. The molecule has 1 aromatic carbocycles. The number of carbonyl (C=O) groups is 2. The van der Waals surface area contributed by atoms with Gasteiger partial charge >= 0.3 is 5.97 Å². The lowest BCUT2D eigenvalue weighted by Gasteiger charge is -2.45. The molecule has 8 heteroatoms. The monoisotopic (exact) mass is 410 g/mol. The molecule has 1 saturated carbocycles. The number of hydrogen-bond donors (Lipinski definition) is 1. The number of carbonyl (C=O) groups excluding carboxylic acids is 2. The number of piperazine rings is 1. The van der Waals surface area contributed by atoms with Gasteiger partial charge in [-0.15, -0.1) is 0 Å². The highest BCUT2D eigenvalue weighted by Crippen LogP contribution is 2.42. The van der Waals surface area contributed by atoms with Crippen molar-refractivity contribution in [1.82, 2.24) is 9.80 Å². The fourth-order valence-electron chi connectivity index (χ4n) is 4.12. The van der Waals surface area contributed by atoms with Gasteiger partial charge in [-0.3, -0.25) is 14.5 Å². The van der Waals surface area contributed by atoms with Crippen molar-refractivity contribution in [2.45, 2.75) is 37.8 Å². The quantitative estimate of drug-likeness (QED) is 0.775. The van der Waals surface area contributed by atoms with Crippen LogP contribution in [0.1, 0.15) is 31.2 Å². The maximum Gasteiger partial charge on any atom is 0.302 e. The third-order valence-corrected chi connectivity index (χ3v) is 6.34. The first-order chi connectivity index (χ1) is 12.8. The zero-order valence-corrected chi connectivity index (χ0v) is 16.3. The van der Waals surface area contributed by atoms with Gasteiger partial charge in [-0.05, 0) is 12.1 Å². The Hall–Kier alpha value is -1.76. The van der Waals surface area contributed by atoms with Crippen LogP contribution in [0, 0.1) is 0 Å². The molecule has 1 N–H and O–H groups in total. The minimum absolute atomic E-state index is 0.0311. The van der Waals surface area contributed by atoms with Gasteiger partial charge in [0.1, 0.15) is 11.9 Å². The van der Waals surface area contributed by atoms with Crippen LogP contribution in [0.5, 0.6) is 5.75 Å². The lowest BCUT2D eigenvalue weighted by Crippen LogP contribution is -2.56. The van der Waals surface area contributed by atoms with Crippen LogP contribution in [0.15, 0.2) is 23.9 Å². The number of phenolic OH excluding ortho intramolecular Hbond substituents is 1. The number of ether oxygens (including phenoxy) is 1. The molecule has 2 heterocycles. The predicted octanol–water partition coefficient (Wildman–Crippen LogP) is 2.92. The van der Waals surface area contributed by atoms with Crippen molar-refractivity contribution in [3.63, 3.8) is 0 Å². The summed E-state index contributed by atoms with van der Waals surface area (Å²) in [5, 5.41) is 10.9. The minimum atomic E-state index is -0.265. The molecule has 1 unspecified atom stereocenters. The summed E-state index contributed by atoms with van der Waals surface area (Å²) < 4.78 is 5.20. The van der Waals surface area contributed by atoms with E-state index in [0.29, 0.717) is 35.2 Å². The lowest BCUT2D eigenvalue weighted by molar-refractivity contribution is -0.155. The summed E-state index contributed by atoms with van der Waals surface area (Å²) in [6, 6.07) is 3.32. The summed E-state index contributed by atoms with van der Waals surface area (Å²) in [5.41, 5.74) is 1.48. The summed E-state index contributed by atoms with van der Waals surface area (Å²) >= 11 is 12.4. The molecule has 3 aliphatic rings. The second-order valence-corrected chi connectivity index (χ2v) is 8.11. The number of esters is 1. The lowest BCUT2D eigenvalue weighted by atomic mass is 9.87. The fraction of sp³-hybridized carbons (Fsp3) is 0.474. The second kappa shape index (κ2) is 7.00. The highest BCUT2D eigenvalue weighted by Gasteiger charge is 2.42. The Kier molecular flexibility index (Phi) is 4.82. The molecule has 2 fully saturated rings. The van der Waals surface area contributed by atoms with Crippen molar-refractivity contribution in [2.24, 2.45) is 0 Å². The smallest absolute Gasteiger partial charge is 0.302 e. The number of fused-ring (bicyclic) bond motifs is 1. The van der Waals surface area contributed by atoms with Crippen molar-refractivity contribution in [2.75, 3.05) is 19.6 Å². The number of halogens is 2. The molecule has 1 aliphatic carbocycles. The zero-order chi connectivity index (χ0) is 19.3. The molecule has 6 nitrogen and oxygen atoms in total. The van der Waals surface area contributed by atoms with Crippen molar-refractivity contribution >= 4 is 35.1 Å². The van der Waals surface area contributed by atoms with Crippen molar-refractivity contribution in [1.29, 1.82) is 0 Å². The Morgan fingerprint density at radius 3 is 2.70 bits per heavy atom. The number of hydrogen-bond acceptors (Lipinski definition) is 5. The number of benzene rings is 1. The van der Waals surface area contributed by atoms with Gasteiger partial charge in [0.25, 0.3) is 0 Å². The Morgan fingerprint density at radius 2 is 2.00 bits per heavy atom. The van der Waals surface area contributed by atoms with Crippen molar-refractivity contribution < 1.29 is 19.4 Å². The molecule has 1 atom stereocenters. The first kappa shape index (κ1) is 18.6. The van der Waals surface area contributed by atoms with E-state index in [1.165, 1.54) is 13.0 Å². The molecule has 0 radical (unpaired) electrons. The molecule has 0 aromatic heterocycles. The van der Waals surface area contributed by atoms with Crippen molar-refractivity contribution in [3.8, 4) is 5.75 Å². The van der Waals surface area contributed by atoms with E-state index in [4.69, 9.17) is 27.9 Å². The van der Waals surface area contributed by atoms with E-state index < -0.39 is 0 Å². The Labute approximate surface area is 167 Å². The highest BCUT2D eigenvalue weighted by atomic mass is 35.5.